The molecule has 20 heavy (non-hydrogen) atoms. The van der Waals surface area contributed by atoms with E-state index >= 15 is 0 Å². The minimum atomic E-state index is -1.03. The predicted octanol–water partition coefficient (Wildman–Crippen LogP) is 3.49. The fourth-order valence-electron chi connectivity index (χ4n) is 1.85. The number of hydrogen-bond donors (Lipinski definition) is 1. The molecule has 2 rings (SSSR count). The van der Waals surface area contributed by atoms with Crippen LogP contribution in [0.4, 0.5) is 0 Å². The number of benzene rings is 2. The normalized spacial score (nSPS) is 10.1. The van der Waals surface area contributed by atoms with Gasteiger partial charge in [-0.25, -0.2) is 9.59 Å². The highest BCUT2D eigenvalue weighted by molar-refractivity contribution is 6.31. The van der Waals surface area contributed by atoms with E-state index in [9.17, 15) is 14.7 Å². The summed E-state index contributed by atoms with van der Waals surface area (Å²) in [5.41, 5.74) is 1.72. The average Bonchev–Trinajstić information content (AvgIpc) is 2.46. The van der Waals surface area contributed by atoms with E-state index in [4.69, 9.17) is 11.6 Å². The van der Waals surface area contributed by atoms with Crippen molar-refractivity contribution in [2.75, 3.05) is 7.11 Å². The van der Waals surface area contributed by atoms with Crippen molar-refractivity contribution in [2.45, 2.75) is 0 Å². The van der Waals surface area contributed by atoms with Gasteiger partial charge in [0.15, 0.2) is 0 Å². The highest BCUT2D eigenvalue weighted by Crippen LogP contribution is 2.27. The maximum atomic E-state index is 11.4. The van der Waals surface area contributed by atoms with E-state index in [-0.39, 0.29) is 5.56 Å². The first-order valence-corrected chi connectivity index (χ1v) is 6.12. The van der Waals surface area contributed by atoms with Gasteiger partial charge in [-0.1, -0.05) is 23.7 Å². The number of ether oxygens (including phenoxy) is 1. The number of methoxy groups -OCH3 is 1. The molecule has 0 radical (unpaired) electrons. The third kappa shape index (κ3) is 2.81. The van der Waals surface area contributed by atoms with Gasteiger partial charge in [-0.2, -0.15) is 0 Å². The molecule has 0 heterocycles. The maximum absolute atomic E-state index is 11.4. The van der Waals surface area contributed by atoms with E-state index in [1.165, 1.54) is 19.2 Å². The molecule has 0 saturated carbocycles. The molecule has 2 aromatic rings. The SMILES string of the molecule is COC(=O)c1ccc(-c2cc(Cl)ccc2C(=O)O)cc1. The van der Waals surface area contributed by atoms with Gasteiger partial charge in [0.2, 0.25) is 0 Å². The topological polar surface area (TPSA) is 63.6 Å². The van der Waals surface area contributed by atoms with Crippen LogP contribution >= 0.6 is 11.6 Å². The quantitative estimate of drug-likeness (QED) is 0.879. The van der Waals surface area contributed by atoms with Crippen LogP contribution in [0.3, 0.4) is 0 Å². The Hall–Kier alpha value is -2.33. The van der Waals surface area contributed by atoms with Crippen LogP contribution in [0, 0.1) is 0 Å². The van der Waals surface area contributed by atoms with E-state index in [2.05, 4.69) is 4.74 Å². The van der Waals surface area contributed by atoms with Gasteiger partial charge in [0.1, 0.15) is 0 Å². The molecule has 0 aliphatic rings. The molecule has 0 saturated heterocycles. The molecular formula is C15H11ClO4. The van der Waals surface area contributed by atoms with Crippen LogP contribution in [0.25, 0.3) is 11.1 Å². The minimum absolute atomic E-state index is 0.153. The van der Waals surface area contributed by atoms with Gasteiger partial charge in [0.25, 0.3) is 0 Å². The molecule has 5 heteroatoms. The summed E-state index contributed by atoms with van der Waals surface area (Å²) in [6.45, 7) is 0. The first-order valence-electron chi connectivity index (χ1n) is 5.74. The van der Waals surface area contributed by atoms with Crippen molar-refractivity contribution in [1.29, 1.82) is 0 Å². The van der Waals surface area contributed by atoms with Gasteiger partial charge in [-0.05, 0) is 41.5 Å². The van der Waals surface area contributed by atoms with E-state index in [0.717, 1.165) is 0 Å². The number of carbonyl (C=O) groups excluding carboxylic acids is 1. The van der Waals surface area contributed by atoms with Crippen molar-refractivity contribution in [1.82, 2.24) is 0 Å². The van der Waals surface area contributed by atoms with E-state index < -0.39 is 11.9 Å². The van der Waals surface area contributed by atoms with E-state index in [1.807, 2.05) is 0 Å². The standard InChI is InChI=1S/C15H11ClO4/c1-20-15(19)10-4-2-9(3-5-10)13-8-11(16)6-7-12(13)14(17)18/h2-8H,1H3,(H,17,18). The summed E-state index contributed by atoms with van der Waals surface area (Å²) in [5, 5.41) is 9.63. The molecule has 0 aromatic heterocycles. The summed E-state index contributed by atoms with van der Waals surface area (Å²) < 4.78 is 4.61. The van der Waals surface area contributed by atoms with Crippen LogP contribution in [0.2, 0.25) is 5.02 Å². The van der Waals surface area contributed by atoms with Crippen LogP contribution in [0.5, 0.6) is 0 Å². The lowest BCUT2D eigenvalue weighted by Crippen LogP contribution is -2.02. The Morgan fingerprint density at radius 2 is 1.75 bits per heavy atom. The summed E-state index contributed by atoms with van der Waals surface area (Å²) in [5.74, 6) is -1.48. The van der Waals surface area contributed by atoms with Crippen LogP contribution in [-0.2, 0) is 4.74 Å². The molecule has 0 unspecified atom stereocenters. The van der Waals surface area contributed by atoms with Gasteiger partial charge in [-0.3, -0.25) is 0 Å². The summed E-state index contributed by atoms with van der Waals surface area (Å²) in [4.78, 5) is 22.6. The molecule has 0 aliphatic carbocycles. The number of carboxylic acids is 1. The number of carboxylic acid groups (broad SMARTS) is 1. The Kier molecular flexibility index (Phi) is 4.05. The van der Waals surface area contributed by atoms with Gasteiger partial charge >= 0.3 is 11.9 Å². The highest BCUT2D eigenvalue weighted by Gasteiger charge is 2.13. The number of esters is 1. The van der Waals surface area contributed by atoms with Crippen molar-refractivity contribution in [2.24, 2.45) is 0 Å². The van der Waals surface area contributed by atoms with Gasteiger partial charge in [-0.15, -0.1) is 0 Å². The Labute approximate surface area is 120 Å². The molecule has 0 fully saturated rings. The summed E-state index contributed by atoms with van der Waals surface area (Å²) >= 11 is 5.91. The zero-order chi connectivity index (χ0) is 14.7. The zero-order valence-electron chi connectivity index (χ0n) is 10.6. The van der Waals surface area contributed by atoms with Crippen LogP contribution in [0.1, 0.15) is 20.7 Å². The summed E-state index contributed by atoms with van der Waals surface area (Å²) in [6, 6.07) is 11.0. The Bertz CT molecular complexity index is 662. The average molecular weight is 291 g/mol. The van der Waals surface area contributed by atoms with Gasteiger partial charge in [0.05, 0.1) is 18.2 Å². The molecule has 0 atom stereocenters. The molecule has 0 aliphatic heterocycles. The molecule has 0 bridgehead atoms. The smallest absolute Gasteiger partial charge is 0.337 e. The monoisotopic (exact) mass is 290 g/mol. The van der Waals surface area contributed by atoms with E-state index in [0.29, 0.717) is 21.7 Å². The minimum Gasteiger partial charge on any atom is -0.478 e. The molecule has 1 N–H and O–H groups in total. The fraction of sp³-hybridized carbons (Fsp3) is 0.0667. The number of aromatic carboxylic acids is 1. The molecular weight excluding hydrogens is 280 g/mol. The maximum Gasteiger partial charge on any atom is 0.337 e. The molecule has 2 aromatic carbocycles. The lowest BCUT2D eigenvalue weighted by Gasteiger charge is -2.08. The first-order chi connectivity index (χ1) is 9.52. The van der Waals surface area contributed by atoms with Crippen LogP contribution in [0.15, 0.2) is 42.5 Å². The highest BCUT2D eigenvalue weighted by atomic mass is 35.5. The lowest BCUT2D eigenvalue weighted by atomic mass is 9.99. The van der Waals surface area contributed by atoms with Gasteiger partial charge in [0, 0.05) is 5.02 Å². The Morgan fingerprint density at radius 3 is 2.30 bits per heavy atom. The Balaban J connectivity index is 2.48. The molecule has 0 spiro atoms. The molecule has 102 valence electrons. The number of rotatable bonds is 3. The zero-order valence-corrected chi connectivity index (χ0v) is 11.3. The second-order valence-electron chi connectivity index (χ2n) is 4.06. The molecule has 4 nitrogen and oxygen atoms in total. The Morgan fingerprint density at radius 1 is 1.10 bits per heavy atom. The number of halogens is 1. The third-order valence-corrected chi connectivity index (χ3v) is 3.06. The van der Waals surface area contributed by atoms with Crippen molar-refractivity contribution >= 4 is 23.5 Å². The first kappa shape index (κ1) is 14.1. The van der Waals surface area contributed by atoms with Crippen molar-refractivity contribution < 1.29 is 19.4 Å². The van der Waals surface area contributed by atoms with Gasteiger partial charge < -0.3 is 9.84 Å². The van der Waals surface area contributed by atoms with E-state index in [1.54, 1.807) is 30.3 Å². The van der Waals surface area contributed by atoms with Crippen molar-refractivity contribution in [3.63, 3.8) is 0 Å². The fourth-order valence-corrected chi connectivity index (χ4v) is 2.02. The third-order valence-electron chi connectivity index (χ3n) is 2.83. The predicted molar refractivity (Wildman–Crippen MR) is 75.2 cm³/mol. The number of hydrogen-bond acceptors (Lipinski definition) is 3. The second-order valence-corrected chi connectivity index (χ2v) is 4.50. The number of carbonyl (C=O) groups is 2. The summed E-state index contributed by atoms with van der Waals surface area (Å²) in [6.07, 6.45) is 0. The second kappa shape index (κ2) is 5.75. The van der Waals surface area contributed by atoms with Crippen molar-refractivity contribution in [3.05, 3.63) is 58.6 Å². The lowest BCUT2D eigenvalue weighted by molar-refractivity contribution is 0.0599. The van der Waals surface area contributed by atoms with Crippen LogP contribution in [-0.4, -0.2) is 24.2 Å². The van der Waals surface area contributed by atoms with Crippen molar-refractivity contribution in [3.8, 4) is 11.1 Å². The van der Waals surface area contributed by atoms with Crippen LogP contribution < -0.4 is 0 Å². The summed E-state index contributed by atoms with van der Waals surface area (Å²) in [7, 11) is 1.30. The molecule has 0 amide bonds. The largest absolute Gasteiger partial charge is 0.478 e.